The van der Waals surface area contributed by atoms with Crippen LogP contribution in [0.1, 0.15) is 10.4 Å². The van der Waals surface area contributed by atoms with E-state index in [0.717, 1.165) is 13.6 Å². The maximum Gasteiger partial charge on any atom is 0.335 e. The second-order valence-corrected chi connectivity index (χ2v) is 6.23. The van der Waals surface area contributed by atoms with Gasteiger partial charge in [-0.15, -0.1) is 0 Å². The zero-order valence-corrected chi connectivity index (χ0v) is 13.7. The first-order valence-corrected chi connectivity index (χ1v) is 7.51. The van der Waals surface area contributed by atoms with Crippen molar-refractivity contribution in [2.45, 2.75) is 0 Å². The summed E-state index contributed by atoms with van der Waals surface area (Å²) in [7, 11) is 0. The minimum Gasteiger partial charge on any atom is -0.478 e. The molecule has 0 saturated heterocycles. The average Bonchev–Trinajstić information content (AvgIpc) is 2.83. The lowest BCUT2D eigenvalue weighted by atomic mass is 10.2. The van der Waals surface area contributed by atoms with Gasteiger partial charge < -0.3 is 9.52 Å². The van der Waals surface area contributed by atoms with Gasteiger partial charge in [0.1, 0.15) is 5.52 Å². The van der Waals surface area contributed by atoms with Gasteiger partial charge in [-0.3, -0.25) is 0 Å². The molecule has 0 aliphatic carbocycles. The molecule has 4 nitrogen and oxygen atoms in total. The minimum absolute atomic E-state index is 0.194. The minimum atomic E-state index is -0.980. The number of carbonyl (C=O) groups is 1. The lowest BCUT2D eigenvalue weighted by Gasteiger charge is -1.99. The fraction of sp³-hybridized carbons (Fsp3) is 0. The first-order valence-electron chi connectivity index (χ1n) is 5.64. The van der Waals surface area contributed by atoms with Crippen LogP contribution in [0.25, 0.3) is 22.6 Å². The third-order valence-electron chi connectivity index (χ3n) is 2.79. The summed E-state index contributed by atoms with van der Waals surface area (Å²) in [5.74, 6) is -0.514. The average molecular weight is 444 g/mol. The predicted molar refractivity (Wildman–Crippen MR) is 86.8 cm³/mol. The van der Waals surface area contributed by atoms with Crippen molar-refractivity contribution >= 4 is 55.6 Å². The molecule has 0 radical (unpaired) electrons. The summed E-state index contributed by atoms with van der Waals surface area (Å²) in [5.41, 5.74) is 2.13. The molecule has 3 rings (SSSR count). The molecule has 6 heteroatoms. The molecule has 0 aliphatic heterocycles. The monoisotopic (exact) mass is 443 g/mol. The highest BCUT2D eigenvalue weighted by atomic mass is 127. The molecule has 0 amide bonds. The number of carboxylic acids is 1. The Kier molecular flexibility index (Phi) is 3.51. The summed E-state index contributed by atoms with van der Waals surface area (Å²) >= 11 is 5.68. The Bertz CT molecular complexity index is 828. The topological polar surface area (TPSA) is 63.3 Å². The van der Waals surface area contributed by atoms with Gasteiger partial charge in [0.2, 0.25) is 5.89 Å². The van der Waals surface area contributed by atoms with Crippen molar-refractivity contribution in [3.63, 3.8) is 0 Å². The number of nitrogens with zero attached hydrogens (tertiary/aromatic N) is 1. The number of benzene rings is 2. The van der Waals surface area contributed by atoms with Gasteiger partial charge in [0.15, 0.2) is 5.58 Å². The molecule has 0 spiro atoms. The number of aromatic nitrogens is 1. The molecule has 0 unspecified atom stereocenters. The van der Waals surface area contributed by atoms with Gasteiger partial charge in [-0.25, -0.2) is 9.78 Å². The molecule has 20 heavy (non-hydrogen) atoms. The molecule has 3 aromatic rings. The van der Waals surface area contributed by atoms with Gasteiger partial charge in [-0.2, -0.15) is 0 Å². The van der Waals surface area contributed by atoms with Crippen LogP contribution in [0.3, 0.4) is 0 Å². The Hall–Kier alpha value is -1.41. The Morgan fingerprint density at radius 2 is 2.05 bits per heavy atom. The largest absolute Gasteiger partial charge is 0.478 e. The van der Waals surface area contributed by atoms with Crippen molar-refractivity contribution in [2.24, 2.45) is 0 Å². The maximum atomic E-state index is 11.0. The molecule has 0 bridgehead atoms. The summed E-state index contributed by atoms with van der Waals surface area (Å²) in [4.78, 5) is 15.3. The van der Waals surface area contributed by atoms with Crippen LogP contribution in [-0.4, -0.2) is 16.1 Å². The molecule has 0 aliphatic rings. The van der Waals surface area contributed by atoms with Gasteiger partial charge >= 0.3 is 5.97 Å². The molecule has 0 saturated carbocycles. The van der Waals surface area contributed by atoms with Gasteiger partial charge in [0, 0.05) is 8.04 Å². The van der Waals surface area contributed by atoms with Crippen LogP contribution in [0, 0.1) is 3.57 Å². The normalized spacial score (nSPS) is 10.9. The third kappa shape index (κ3) is 2.45. The number of oxazole rings is 1. The quantitative estimate of drug-likeness (QED) is 0.589. The molecule has 1 N–H and O–H groups in total. The van der Waals surface area contributed by atoms with E-state index >= 15 is 0 Å². The van der Waals surface area contributed by atoms with E-state index in [2.05, 4.69) is 43.5 Å². The third-order valence-corrected chi connectivity index (χ3v) is 4.16. The predicted octanol–water partition coefficient (Wildman–Crippen LogP) is 4.56. The van der Waals surface area contributed by atoms with Crippen LogP contribution in [0.2, 0.25) is 0 Å². The fourth-order valence-electron chi connectivity index (χ4n) is 1.84. The van der Waals surface area contributed by atoms with E-state index in [0.29, 0.717) is 17.0 Å². The molecular weight excluding hydrogens is 437 g/mol. The molecule has 2 aromatic carbocycles. The Morgan fingerprint density at radius 1 is 1.25 bits per heavy atom. The second kappa shape index (κ2) is 5.17. The number of hydrogen-bond acceptors (Lipinski definition) is 3. The van der Waals surface area contributed by atoms with E-state index in [1.807, 2.05) is 18.2 Å². The number of aromatic carboxylic acids is 1. The summed E-state index contributed by atoms with van der Waals surface area (Å²) in [6.45, 7) is 0. The molecule has 0 fully saturated rings. The van der Waals surface area contributed by atoms with Crippen molar-refractivity contribution < 1.29 is 14.3 Å². The Morgan fingerprint density at radius 3 is 2.80 bits per heavy atom. The lowest BCUT2D eigenvalue weighted by molar-refractivity contribution is 0.0697. The van der Waals surface area contributed by atoms with E-state index in [1.54, 1.807) is 6.07 Å². The number of rotatable bonds is 2. The highest BCUT2D eigenvalue weighted by molar-refractivity contribution is 14.1. The Labute approximate surface area is 136 Å². The van der Waals surface area contributed by atoms with Crippen LogP contribution < -0.4 is 0 Å². The van der Waals surface area contributed by atoms with Gasteiger partial charge in [-0.05, 0) is 74.9 Å². The first kappa shape index (κ1) is 13.6. The smallest absolute Gasteiger partial charge is 0.335 e. The second-order valence-electron chi connectivity index (χ2n) is 4.13. The van der Waals surface area contributed by atoms with E-state index in [9.17, 15) is 4.79 Å². The van der Waals surface area contributed by atoms with Crippen molar-refractivity contribution in [3.8, 4) is 11.5 Å². The zero-order valence-electron chi connectivity index (χ0n) is 9.93. The van der Waals surface area contributed by atoms with E-state index in [4.69, 9.17) is 9.52 Å². The van der Waals surface area contributed by atoms with Crippen LogP contribution in [0.5, 0.6) is 0 Å². The van der Waals surface area contributed by atoms with Gasteiger partial charge in [0.25, 0.3) is 0 Å². The molecule has 0 atom stereocenters. The van der Waals surface area contributed by atoms with Crippen molar-refractivity contribution in [1.82, 2.24) is 4.98 Å². The SMILES string of the molecule is O=C(O)c1ccc2oc(-c3cc(I)ccc3Br)nc2c1. The number of carboxylic acid groups (broad SMARTS) is 1. The molecule has 1 heterocycles. The van der Waals surface area contributed by atoms with Crippen molar-refractivity contribution in [3.05, 3.63) is 50.0 Å². The van der Waals surface area contributed by atoms with E-state index in [-0.39, 0.29) is 5.56 Å². The van der Waals surface area contributed by atoms with Gasteiger partial charge in [-0.1, -0.05) is 0 Å². The highest BCUT2D eigenvalue weighted by Gasteiger charge is 2.13. The van der Waals surface area contributed by atoms with Gasteiger partial charge in [0.05, 0.1) is 11.1 Å². The maximum absolute atomic E-state index is 11.0. The van der Waals surface area contributed by atoms with Crippen LogP contribution in [0.15, 0.2) is 45.3 Å². The number of fused-ring (bicyclic) bond motifs is 1. The standard InChI is InChI=1S/C14H7BrINO3/c15-10-3-2-8(16)6-9(10)13-17-11-5-7(14(18)19)1-4-12(11)20-13/h1-6H,(H,18,19). The number of hydrogen-bond donors (Lipinski definition) is 1. The summed E-state index contributed by atoms with van der Waals surface area (Å²) in [6.07, 6.45) is 0. The molecule has 1 aromatic heterocycles. The lowest BCUT2D eigenvalue weighted by Crippen LogP contribution is -1.94. The molecule has 100 valence electrons. The zero-order chi connectivity index (χ0) is 14.3. The highest BCUT2D eigenvalue weighted by Crippen LogP contribution is 2.31. The van der Waals surface area contributed by atoms with E-state index in [1.165, 1.54) is 12.1 Å². The van der Waals surface area contributed by atoms with Crippen LogP contribution >= 0.6 is 38.5 Å². The fourth-order valence-corrected chi connectivity index (χ4v) is 2.74. The molecular formula is C14H7BrINO3. The van der Waals surface area contributed by atoms with Crippen LogP contribution in [-0.2, 0) is 0 Å². The van der Waals surface area contributed by atoms with Crippen molar-refractivity contribution in [2.75, 3.05) is 0 Å². The summed E-state index contributed by atoms with van der Waals surface area (Å²) < 4.78 is 7.63. The first-order chi connectivity index (χ1) is 9.54. The summed E-state index contributed by atoms with van der Waals surface area (Å²) in [6, 6.07) is 10.5. The van der Waals surface area contributed by atoms with Crippen molar-refractivity contribution in [1.29, 1.82) is 0 Å². The van der Waals surface area contributed by atoms with Crippen LogP contribution in [0.4, 0.5) is 0 Å². The van der Waals surface area contributed by atoms with E-state index < -0.39 is 5.97 Å². The number of halogens is 2. The summed E-state index contributed by atoms with van der Waals surface area (Å²) in [5, 5.41) is 8.98. The Balaban J connectivity index is 2.17.